The second-order valence-corrected chi connectivity index (χ2v) is 19.9. The Morgan fingerprint density at radius 1 is 0.680 bits per heavy atom. The molecule has 0 saturated heterocycles. The van der Waals surface area contributed by atoms with Gasteiger partial charge in [0, 0.05) is 0 Å². The molecular formula is C23H23PSn. The number of allylic oxidation sites excluding steroid dienone is 1. The Balaban J connectivity index is 1.99. The molecule has 1 aliphatic carbocycles. The Labute approximate surface area is 159 Å². The Morgan fingerprint density at radius 2 is 1.20 bits per heavy atom. The molecule has 0 aliphatic heterocycles. The Morgan fingerprint density at radius 3 is 1.76 bits per heavy atom. The van der Waals surface area contributed by atoms with E-state index in [4.69, 9.17) is 0 Å². The fourth-order valence-corrected chi connectivity index (χ4v) is 18.2. The molecule has 0 N–H and O–H groups in total. The van der Waals surface area contributed by atoms with Crippen molar-refractivity contribution in [2.24, 2.45) is 0 Å². The zero-order chi connectivity index (χ0) is 17.3. The third kappa shape index (κ3) is 2.90. The summed E-state index contributed by atoms with van der Waals surface area (Å²) in [6, 6.07) is 31.4. The summed E-state index contributed by atoms with van der Waals surface area (Å²) in [7, 11) is -0.456. The van der Waals surface area contributed by atoms with Gasteiger partial charge in [0.1, 0.15) is 0 Å². The van der Waals surface area contributed by atoms with Crippen molar-refractivity contribution in [2.45, 2.75) is 13.1 Å². The van der Waals surface area contributed by atoms with Gasteiger partial charge in [-0.1, -0.05) is 0 Å². The number of rotatable bonds is 4. The van der Waals surface area contributed by atoms with Crippen LogP contribution in [0.25, 0.3) is 6.08 Å². The number of fused-ring (bicyclic) bond motifs is 1. The number of hydrogen-bond acceptors (Lipinski definition) is 0. The zero-order valence-electron chi connectivity index (χ0n) is 14.8. The van der Waals surface area contributed by atoms with Crippen LogP contribution in [0.1, 0.15) is 11.1 Å². The van der Waals surface area contributed by atoms with E-state index in [0.29, 0.717) is 0 Å². The van der Waals surface area contributed by atoms with E-state index in [9.17, 15) is 0 Å². The molecule has 0 heterocycles. The molecule has 0 saturated carbocycles. The van der Waals surface area contributed by atoms with Gasteiger partial charge in [0.05, 0.1) is 0 Å². The van der Waals surface area contributed by atoms with Gasteiger partial charge in [-0.15, -0.1) is 0 Å². The molecule has 1 aliphatic rings. The van der Waals surface area contributed by atoms with E-state index in [1.54, 1.807) is 5.56 Å². The van der Waals surface area contributed by atoms with E-state index in [2.05, 4.69) is 107 Å². The SMILES string of the molecule is [CH3][SnH]([CH3])[C]1(P(c2ccccc2)c2ccccc2)C=Cc2ccccc21. The fourth-order valence-electron chi connectivity index (χ4n) is 4.00. The summed E-state index contributed by atoms with van der Waals surface area (Å²) in [5, 5.41) is 2.99. The van der Waals surface area contributed by atoms with Crippen LogP contribution in [0.4, 0.5) is 0 Å². The van der Waals surface area contributed by atoms with E-state index in [1.807, 2.05) is 0 Å². The molecule has 0 aromatic heterocycles. The molecule has 1 unspecified atom stereocenters. The van der Waals surface area contributed by atoms with Crippen LogP contribution in [-0.4, -0.2) is 19.8 Å². The molecule has 2 heteroatoms. The van der Waals surface area contributed by atoms with E-state index in [-0.39, 0.29) is 3.17 Å². The number of hydrogen-bond donors (Lipinski definition) is 0. The van der Waals surface area contributed by atoms with Crippen molar-refractivity contribution in [3.05, 3.63) is 102 Å². The molecule has 0 radical (unpaired) electrons. The predicted octanol–water partition coefficient (Wildman–Crippen LogP) is 5.07. The fraction of sp³-hybridized carbons (Fsp3) is 0.130. The zero-order valence-corrected chi connectivity index (χ0v) is 19.0. The van der Waals surface area contributed by atoms with Gasteiger partial charge in [0.15, 0.2) is 0 Å². The van der Waals surface area contributed by atoms with Crippen LogP contribution >= 0.6 is 7.92 Å². The summed E-state index contributed by atoms with van der Waals surface area (Å²) in [6.07, 6.45) is 4.96. The third-order valence-corrected chi connectivity index (χ3v) is 20.1. The normalized spacial score (nSPS) is 18.7. The number of benzene rings is 3. The minimum atomic E-state index is -1.85. The molecule has 0 spiro atoms. The maximum absolute atomic E-state index is 2.58. The quantitative estimate of drug-likeness (QED) is 0.386. The standard InChI is InChI=1S/C21H16P.2CH3.Sn.H/c1-3-10-18(11-4-1)22(19-12-5-2-6-13-19)21-16-15-17-9-7-8-14-20(17)21;;;;/h1-16H;2*1H3;;. The van der Waals surface area contributed by atoms with Gasteiger partial charge in [-0.2, -0.15) is 0 Å². The van der Waals surface area contributed by atoms with Crippen LogP contribution in [0.3, 0.4) is 0 Å². The topological polar surface area (TPSA) is 0 Å². The first-order valence-corrected chi connectivity index (χ1v) is 18.5. The summed E-state index contributed by atoms with van der Waals surface area (Å²) in [5.74, 6) is 0. The predicted molar refractivity (Wildman–Crippen MR) is 115 cm³/mol. The van der Waals surface area contributed by atoms with Crippen molar-refractivity contribution in [2.75, 3.05) is 0 Å². The Kier molecular flexibility index (Phi) is 4.84. The van der Waals surface area contributed by atoms with Crippen LogP contribution < -0.4 is 10.6 Å². The van der Waals surface area contributed by atoms with E-state index in [0.717, 1.165) is 0 Å². The minimum absolute atomic E-state index is 0.246. The monoisotopic (exact) mass is 450 g/mol. The molecule has 25 heavy (non-hydrogen) atoms. The van der Waals surface area contributed by atoms with E-state index in [1.165, 1.54) is 16.2 Å². The summed E-state index contributed by atoms with van der Waals surface area (Å²) in [4.78, 5) is 5.16. The Hall–Kier alpha value is -1.37. The van der Waals surface area contributed by atoms with Gasteiger partial charge in [-0.05, 0) is 0 Å². The third-order valence-electron chi connectivity index (χ3n) is 5.19. The van der Waals surface area contributed by atoms with E-state index < -0.39 is 27.7 Å². The van der Waals surface area contributed by atoms with Crippen molar-refractivity contribution in [3.8, 4) is 0 Å². The van der Waals surface area contributed by atoms with Crippen LogP contribution in [0, 0.1) is 0 Å². The van der Waals surface area contributed by atoms with Gasteiger partial charge in [-0.25, -0.2) is 0 Å². The van der Waals surface area contributed by atoms with Crippen LogP contribution in [0.2, 0.25) is 9.88 Å². The van der Waals surface area contributed by atoms with Crippen molar-refractivity contribution in [1.29, 1.82) is 0 Å². The summed E-state index contributed by atoms with van der Waals surface area (Å²) < 4.78 is 0.246. The molecule has 3 aromatic rings. The first-order chi connectivity index (χ1) is 12.2. The van der Waals surface area contributed by atoms with Gasteiger partial charge >= 0.3 is 160 Å². The van der Waals surface area contributed by atoms with Crippen molar-refractivity contribution < 1.29 is 0 Å². The summed E-state index contributed by atoms with van der Waals surface area (Å²) in [5.41, 5.74) is 2.99. The average Bonchev–Trinajstić information content (AvgIpc) is 3.05. The maximum atomic E-state index is 2.58. The van der Waals surface area contributed by atoms with Crippen LogP contribution in [0.15, 0.2) is 91.0 Å². The van der Waals surface area contributed by atoms with Crippen molar-refractivity contribution in [1.82, 2.24) is 0 Å². The van der Waals surface area contributed by atoms with Crippen molar-refractivity contribution >= 4 is 44.4 Å². The van der Waals surface area contributed by atoms with Gasteiger partial charge < -0.3 is 0 Å². The average molecular weight is 449 g/mol. The van der Waals surface area contributed by atoms with Gasteiger partial charge in [0.2, 0.25) is 0 Å². The second kappa shape index (κ2) is 7.09. The van der Waals surface area contributed by atoms with Crippen molar-refractivity contribution in [3.63, 3.8) is 0 Å². The van der Waals surface area contributed by atoms with Crippen LogP contribution in [0.5, 0.6) is 0 Å². The van der Waals surface area contributed by atoms with Gasteiger partial charge in [0.25, 0.3) is 0 Å². The van der Waals surface area contributed by atoms with Gasteiger partial charge in [-0.3, -0.25) is 0 Å². The second-order valence-electron chi connectivity index (χ2n) is 6.91. The van der Waals surface area contributed by atoms with Crippen LogP contribution in [-0.2, 0) is 3.17 Å². The molecule has 0 fully saturated rings. The molecule has 0 amide bonds. The molecule has 0 bridgehead atoms. The Bertz CT molecular complexity index is 847. The first-order valence-electron chi connectivity index (χ1n) is 8.92. The molecule has 0 nitrogen and oxygen atoms in total. The molecular weight excluding hydrogens is 426 g/mol. The molecule has 4 rings (SSSR count). The first kappa shape index (κ1) is 17.1. The molecule has 1 atom stereocenters. The molecule has 3 aromatic carbocycles. The molecule has 124 valence electrons. The van der Waals surface area contributed by atoms with E-state index >= 15 is 0 Å². The summed E-state index contributed by atoms with van der Waals surface area (Å²) in [6.45, 7) is 0. The summed E-state index contributed by atoms with van der Waals surface area (Å²) >= 11 is -1.85.